The Kier molecular flexibility index (Phi) is 2.95. The SMILES string of the molecule is CC(=O)C1CC=C(c2c(C)noc2C)CC1. The number of hydrogen-bond acceptors (Lipinski definition) is 3. The summed E-state index contributed by atoms with van der Waals surface area (Å²) >= 11 is 0. The monoisotopic (exact) mass is 219 g/mol. The molecule has 0 saturated carbocycles. The van der Waals surface area contributed by atoms with Gasteiger partial charge >= 0.3 is 0 Å². The third-order valence-corrected chi connectivity index (χ3v) is 3.34. The summed E-state index contributed by atoms with van der Waals surface area (Å²) in [6.45, 7) is 5.58. The molecule has 0 spiro atoms. The van der Waals surface area contributed by atoms with Crippen molar-refractivity contribution in [3.05, 3.63) is 23.1 Å². The van der Waals surface area contributed by atoms with Gasteiger partial charge in [-0.05, 0) is 45.6 Å². The highest BCUT2D eigenvalue weighted by Gasteiger charge is 2.22. The van der Waals surface area contributed by atoms with Crippen LogP contribution < -0.4 is 0 Å². The van der Waals surface area contributed by atoms with Gasteiger partial charge in [0.25, 0.3) is 0 Å². The topological polar surface area (TPSA) is 43.1 Å². The average Bonchev–Trinajstić information content (AvgIpc) is 2.59. The molecule has 0 saturated heterocycles. The molecule has 1 unspecified atom stereocenters. The van der Waals surface area contributed by atoms with Crippen LogP contribution in [0.5, 0.6) is 0 Å². The molecular weight excluding hydrogens is 202 g/mol. The summed E-state index contributed by atoms with van der Waals surface area (Å²) in [6, 6.07) is 0. The molecule has 3 nitrogen and oxygen atoms in total. The molecule has 1 atom stereocenters. The lowest BCUT2D eigenvalue weighted by Crippen LogP contribution is -2.13. The number of nitrogens with zero attached hydrogens (tertiary/aromatic N) is 1. The van der Waals surface area contributed by atoms with Crippen LogP contribution >= 0.6 is 0 Å². The maximum absolute atomic E-state index is 11.3. The van der Waals surface area contributed by atoms with Crippen molar-refractivity contribution in [3.63, 3.8) is 0 Å². The zero-order valence-corrected chi connectivity index (χ0v) is 10.0. The van der Waals surface area contributed by atoms with Gasteiger partial charge in [-0.2, -0.15) is 0 Å². The number of ketones is 1. The van der Waals surface area contributed by atoms with Gasteiger partial charge in [-0.15, -0.1) is 0 Å². The molecule has 0 fully saturated rings. The van der Waals surface area contributed by atoms with Gasteiger partial charge in [-0.25, -0.2) is 0 Å². The van der Waals surface area contributed by atoms with Crippen LogP contribution in [0.2, 0.25) is 0 Å². The molecule has 1 aliphatic carbocycles. The predicted octanol–water partition coefficient (Wildman–Crippen LogP) is 3.06. The summed E-state index contributed by atoms with van der Waals surface area (Å²) in [5.74, 6) is 1.39. The van der Waals surface area contributed by atoms with Crippen molar-refractivity contribution in [1.29, 1.82) is 0 Å². The van der Waals surface area contributed by atoms with Crippen LogP contribution in [-0.4, -0.2) is 10.9 Å². The summed E-state index contributed by atoms with van der Waals surface area (Å²) in [5.41, 5.74) is 3.38. The van der Waals surface area contributed by atoms with E-state index in [2.05, 4.69) is 11.2 Å². The van der Waals surface area contributed by atoms with E-state index in [-0.39, 0.29) is 5.92 Å². The fourth-order valence-corrected chi connectivity index (χ4v) is 2.37. The van der Waals surface area contributed by atoms with Crippen LogP contribution in [0.3, 0.4) is 0 Å². The van der Waals surface area contributed by atoms with Crippen molar-refractivity contribution in [2.75, 3.05) is 0 Å². The maximum Gasteiger partial charge on any atom is 0.141 e. The van der Waals surface area contributed by atoms with Crippen LogP contribution in [0.4, 0.5) is 0 Å². The molecule has 3 heteroatoms. The number of aryl methyl sites for hydroxylation is 2. The first-order valence-corrected chi connectivity index (χ1v) is 5.72. The quantitative estimate of drug-likeness (QED) is 0.767. The molecular formula is C13H17NO2. The highest BCUT2D eigenvalue weighted by atomic mass is 16.5. The van der Waals surface area contributed by atoms with Gasteiger partial charge in [0.05, 0.1) is 5.69 Å². The highest BCUT2D eigenvalue weighted by Crippen LogP contribution is 2.33. The van der Waals surface area contributed by atoms with E-state index in [0.717, 1.165) is 36.3 Å². The summed E-state index contributed by atoms with van der Waals surface area (Å²) in [6.07, 6.45) is 4.93. The minimum Gasteiger partial charge on any atom is -0.361 e. The standard InChI is InChI=1S/C13H17NO2/c1-8-13(10(3)16-14-8)12-6-4-11(5-7-12)9(2)15/h6,11H,4-5,7H2,1-3H3. The first kappa shape index (κ1) is 11.1. The molecule has 0 radical (unpaired) electrons. The number of aromatic nitrogens is 1. The lowest BCUT2D eigenvalue weighted by Gasteiger charge is -2.19. The zero-order chi connectivity index (χ0) is 11.7. The molecule has 0 N–H and O–H groups in total. The van der Waals surface area contributed by atoms with E-state index in [1.165, 1.54) is 5.57 Å². The fourth-order valence-electron chi connectivity index (χ4n) is 2.37. The van der Waals surface area contributed by atoms with E-state index >= 15 is 0 Å². The second kappa shape index (κ2) is 4.24. The van der Waals surface area contributed by atoms with Gasteiger partial charge in [0, 0.05) is 11.5 Å². The Morgan fingerprint density at radius 1 is 1.50 bits per heavy atom. The van der Waals surface area contributed by atoms with E-state index in [0.29, 0.717) is 5.78 Å². The summed E-state index contributed by atoms with van der Waals surface area (Å²) in [7, 11) is 0. The van der Waals surface area contributed by atoms with E-state index < -0.39 is 0 Å². The Labute approximate surface area is 95.5 Å². The molecule has 86 valence electrons. The lowest BCUT2D eigenvalue weighted by molar-refractivity contribution is -0.120. The Hall–Kier alpha value is -1.38. The minimum absolute atomic E-state index is 0.212. The van der Waals surface area contributed by atoms with E-state index in [1.54, 1.807) is 6.92 Å². The number of rotatable bonds is 2. The molecule has 0 bridgehead atoms. The van der Waals surface area contributed by atoms with Gasteiger partial charge in [-0.3, -0.25) is 4.79 Å². The van der Waals surface area contributed by atoms with Crippen molar-refractivity contribution in [2.45, 2.75) is 40.0 Å². The van der Waals surface area contributed by atoms with Crippen molar-refractivity contribution in [3.8, 4) is 0 Å². The molecule has 1 aliphatic rings. The average molecular weight is 219 g/mol. The van der Waals surface area contributed by atoms with Crippen LogP contribution in [0.25, 0.3) is 5.57 Å². The number of hydrogen-bond donors (Lipinski definition) is 0. The second-order valence-corrected chi connectivity index (χ2v) is 4.51. The van der Waals surface area contributed by atoms with Gasteiger partial charge in [0.15, 0.2) is 0 Å². The highest BCUT2D eigenvalue weighted by molar-refractivity contribution is 5.80. The molecule has 1 aromatic heterocycles. The normalized spacial score (nSPS) is 20.7. The summed E-state index contributed by atoms with van der Waals surface area (Å²) in [5, 5.41) is 3.96. The largest absolute Gasteiger partial charge is 0.361 e. The van der Waals surface area contributed by atoms with Crippen molar-refractivity contribution in [1.82, 2.24) is 5.16 Å². The summed E-state index contributed by atoms with van der Waals surface area (Å²) < 4.78 is 5.17. The number of carbonyl (C=O) groups is 1. The minimum atomic E-state index is 0.212. The van der Waals surface area contributed by atoms with E-state index in [9.17, 15) is 4.79 Å². The van der Waals surface area contributed by atoms with Gasteiger partial charge in [0.1, 0.15) is 11.5 Å². The number of carbonyl (C=O) groups excluding carboxylic acids is 1. The molecule has 1 aromatic rings. The van der Waals surface area contributed by atoms with Crippen molar-refractivity contribution < 1.29 is 9.32 Å². The van der Waals surface area contributed by atoms with Gasteiger partial charge < -0.3 is 4.52 Å². The van der Waals surface area contributed by atoms with Gasteiger partial charge in [0.2, 0.25) is 0 Å². The molecule has 0 amide bonds. The van der Waals surface area contributed by atoms with Crippen molar-refractivity contribution in [2.24, 2.45) is 5.92 Å². The smallest absolute Gasteiger partial charge is 0.141 e. The predicted molar refractivity (Wildman–Crippen MR) is 62.0 cm³/mol. The Balaban J connectivity index is 2.22. The summed E-state index contributed by atoms with van der Waals surface area (Å²) in [4.78, 5) is 11.3. The van der Waals surface area contributed by atoms with E-state index in [1.807, 2.05) is 13.8 Å². The van der Waals surface area contributed by atoms with Crippen molar-refractivity contribution >= 4 is 11.4 Å². The van der Waals surface area contributed by atoms with E-state index in [4.69, 9.17) is 4.52 Å². The van der Waals surface area contributed by atoms with Crippen LogP contribution in [0.1, 0.15) is 43.2 Å². The Morgan fingerprint density at radius 3 is 2.69 bits per heavy atom. The third-order valence-electron chi connectivity index (χ3n) is 3.34. The van der Waals surface area contributed by atoms with Crippen LogP contribution in [-0.2, 0) is 4.79 Å². The molecule has 16 heavy (non-hydrogen) atoms. The Morgan fingerprint density at radius 2 is 2.25 bits per heavy atom. The fraction of sp³-hybridized carbons (Fsp3) is 0.538. The first-order valence-electron chi connectivity index (χ1n) is 5.72. The molecule has 0 aromatic carbocycles. The van der Waals surface area contributed by atoms with Crippen LogP contribution in [0, 0.1) is 19.8 Å². The number of allylic oxidation sites excluding steroid dienone is 2. The Bertz CT molecular complexity index is 423. The lowest BCUT2D eigenvalue weighted by atomic mass is 9.84. The number of Topliss-reactive ketones (excluding diaryl/α,β-unsaturated/α-hetero) is 1. The van der Waals surface area contributed by atoms with Gasteiger partial charge in [-0.1, -0.05) is 11.2 Å². The second-order valence-electron chi connectivity index (χ2n) is 4.51. The molecule has 2 rings (SSSR count). The first-order chi connectivity index (χ1) is 7.59. The molecule has 1 heterocycles. The zero-order valence-electron chi connectivity index (χ0n) is 10.0. The maximum atomic E-state index is 11.3. The van der Waals surface area contributed by atoms with Crippen LogP contribution in [0.15, 0.2) is 10.6 Å². The molecule has 0 aliphatic heterocycles. The third kappa shape index (κ3) is 1.94.